The summed E-state index contributed by atoms with van der Waals surface area (Å²) in [5.74, 6) is -1.97. The Bertz CT molecular complexity index is 1230. The summed E-state index contributed by atoms with van der Waals surface area (Å²) in [6.45, 7) is 4.24. The molecule has 2 aromatic heterocycles. The van der Waals surface area contributed by atoms with Crippen LogP contribution < -0.4 is 5.32 Å². The number of aromatic nitrogens is 2. The molecule has 0 radical (unpaired) electrons. The second-order valence-electron chi connectivity index (χ2n) is 9.31. The maximum atomic E-state index is 14.0. The molecule has 3 atom stereocenters. The quantitative estimate of drug-likeness (QED) is 0.581. The summed E-state index contributed by atoms with van der Waals surface area (Å²) in [4.78, 5) is 34.6. The Kier molecular flexibility index (Phi) is 6.75. The van der Waals surface area contributed by atoms with Crippen LogP contribution in [0, 0.1) is 11.6 Å². The molecule has 3 aromatic rings. The first-order valence-electron chi connectivity index (χ1n) is 11.9. The Morgan fingerprint density at radius 3 is 2.57 bits per heavy atom. The minimum atomic E-state index is -0.656. The van der Waals surface area contributed by atoms with E-state index in [9.17, 15) is 18.4 Å². The number of carbonyl (C=O) groups excluding carboxylic acids is 2. The molecule has 1 N–H and O–H groups in total. The van der Waals surface area contributed by atoms with E-state index in [2.05, 4.69) is 19.6 Å². The first kappa shape index (κ1) is 23.7. The average Bonchev–Trinajstić information content (AvgIpc) is 3.54. The molecule has 0 spiro atoms. The molecule has 0 saturated carbocycles. The summed E-state index contributed by atoms with van der Waals surface area (Å²) in [7, 11) is 0. The lowest BCUT2D eigenvalue weighted by Crippen LogP contribution is -2.56. The van der Waals surface area contributed by atoms with Gasteiger partial charge < -0.3 is 10.2 Å². The van der Waals surface area contributed by atoms with Crippen molar-refractivity contribution in [3.63, 3.8) is 0 Å². The Labute approximate surface area is 206 Å². The van der Waals surface area contributed by atoms with Crippen LogP contribution in [0.15, 0.2) is 36.8 Å². The summed E-state index contributed by atoms with van der Waals surface area (Å²) in [5.41, 5.74) is 0.946. The van der Waals surface area contributed by atoms with E-state index in [0.717, 1.165) is 42.1 Å². The zero-order chi connectivity index (χ0) is 24.5. The molecule has 0 aliphatic carbocycles. The van der Waals surface area contributed by atoms with Gasteiger partial charge in [0.15, 0.2) is 0 Å². The number of pyridine rings is 1. The molecule has 0 bridgehead atoms. The third kappa shape index (κ3) is 4.90. The van der Waals surface area contributed by atoms with Crippen molar-refractivity contribution in [2.24, 2.45) is 0 Å². The third-order valence-electron chi connectivity index (χ3n) is 7.12. The van der Waals surface area contributed by atoms with Gasteiger partial charge in [0.05, 0.1) is 22.3 Å². The van der Waals surface area contributed by atoms with E-state index in [-0.39, 0.29) is 30.3 Å². The first-order valence-corrected chi connectivity index (χ1v) is 12.7. The third-order valence-corrected chi connectivity index (χ3v) is 7.86. The molecule has 4 heterocycles. The van der Waals surface area contributed by atoms with Crippen LogP contribution in [0.1, 0.15) is 48.0 Å². The number of amides is 2. The molecule has 7 nitrogen and oxygen atoms in total. The largest absolute Gasteiger partial charge is 0.350 e. The molecule has 5 rings (SSSR count). The van der Waals surface area contributed by atoms with Gasteiger partial charge in [-0.25, -0.2) is 8.78 Å². The molecule has 2 amide bonds. The zero-order valence-corrected chi connectivity index (χ0v) is 20.2. The van der Waals surface area contributed by atoms with Gasteiger partial charge in [-0.15, -0.1) is 0 Å². The number of nitrogens with one attached hydrogen (secondary N) is 1. The van der Waals surface area contributed by atoms with E-state index in [1.807, 2.05) is 6.92 Å². The number of carbonyl (C=O) groups is 2. The Hall–Kier alpha value is -2.98. The lowest BCUT2D eigenvalue weighted by atomic mass is 9.84. The fraction of sp³-hybridized carbons (Fsp3) is 0.440. The predicted molar refractivity (Wildman–Crippen MR) is 129 cm³/mol. The number of benzene rings is 1. The number of hydrogen-bond donors (Lipinski definition) is 1. The minimum absolute atomic E-state index is 0.140. The summed E-state index contributed by atoms with van der Waals surface area (Å²) in [6, 6.07) is 2.67. The Morgan fingerprint density at radius 1 is 1.09 bits per heavy atom. The van der Waals surface area contributed by atoms with E-state index in [1.165, 1.54) is 29.9 Å². The van der Waals surface area contributed by atoms with Gasteiger partial charge in [0.25, 0.3) is 5.91 Å². The number of rotatable bonds is 5. The smallest absolute Gasteiger partial charge is 0.256 e. The lowest BCUT2D eigenvalue weighted by Gasteiger charge is -2.40. The Morgan fingerprint density at radius 2 is 1.83 bits per heavy atom. The number of hydrogen-bond acceptors (Lipinski definition) is 6. The fourth-order valence-electron chi connectivity index (χ4n) is 5.20. The van der Waals surface area contributed by atoms with Crippen molar-refractivity contribution in [1.82, 2.24) is 24.5 Å². The van der Waals surface area contributed by atoms with Crippen molar-refractivity contribution < 1.29 is 18.4 Å². The van der Waals surface area contributed by atoms with Crippen molar-refractivity contribution in [2.45, 2.75) is 44.2 Å². The molecule has 2 aliphatic rings. The number of likely N-dealkylation sites (tertiary alicyclic amines) is 2. The van der Waals surface area contributed by atoms with E-state index in [1.54, 1.807) is 17.3 Å². The van der Waals surface area contributed by atoms with Crippen molar-refractivity contribution in [2.75, 3.05) is 26.2 Å². The minimum Gasteiger partial charge on any atom is -0.350 e. The van der Waals surface area contributed by atoms with E-state index < -0.39 is 17.7 Å². The van der Waals surface area contributed by atoms with Crippen molar-refractivity contribution in [3.8, 4) is 0 Å². The van der Waals surface area contributed by atoms with Crippen molar-refractivity contribution in [3.05, 3.63) is 59.6 Å². The molecule has 1 aromatic carbocycles. The summed E-state index contributed by atoms with van der Waals surface area (Å²) >= 11 is 1.27. The molecule has 2 fully saturated rings. The fourth-order valence-corrected chi connectivity index (χ4v) is 5.84. The van der Waals surface area contributed by atoms with Crippen molar-refractivity contribution in [1.29, 1.82) is 0 Å². The summed E-state index contributed by atoms with van der Waals surface area (Å²) in [6.07, 6.45) is 7.46. The van der Waals surface area contributed by atoms with Gasteiger partial charge in [0, 0.05) is 49.1 Å². The second kappa shape index (κ2) is 9.94. The first-order chi connectivity index (χ1) is 16.9. The molecule has 10 heteroatoms. The van der Waals surface area contributed by atoms with Gasteiger partial charge in [-0.05, 0) is 68.5 Å². The number of nitrogens with zero attached hydrogens (tertiary/aromatic N) is 4. The molecule has 2 saturated heterocycles. The van der Waals surface area contributed by atoms with Crippen LogP contribution in [-0.2, 0) is 4.79 Å². The predicted octanol–water partition coefficient (Wildman–Crippen LogP) is 3.57. The average molecular weight is 500 g/mol. The lowest BCUT2D eigenvalue weighted by molar-refractivity contribution is -0.126. The topological polar surface area (TPSA) is 78.4 Å². The number of halogens is 2. The van der Waals surface area contributed by atoms with Gasteiger partial charge in [0.2, 0.25) is 5.91 Å². The van der Waals surface area contributed by atoms with Gasteiger partial charge in [-0.2, -0.15) is 4.37 Å². The molecular weight excluding hydrogens is 472 g/mol. The van der Waals surface area contributed by atoms with Crippen LogP contribution >= 0.6 is 11.5 Å². The van der Waals surface area contributed by atoms with Crippen LogP contribution in [0.3, 0.4) is 0 Å². The van der Waals surface area contributed by atoms with Crippen LogP contribution in [0.25, 0.3) is 10.1 Å². The van der Waals surface area contributed by atoms with E-state index in [4.69, 9.17) is 0 Å². The van der Waals surface area contributed by atoms with Gasteiger partial charge in [0.1, 0.15) is 11.6 Å². The highest BCUT2D eigenvalue weighted by Crippen LogP contribution is 2.31. The number of fused-ring (bicyclic) bond motifs is 1. The summed E-state index contributed by atoms with van der Waals surface area (Å²) in [5, 5.41) is 3.85. The highest BCUT2D eigenvalue weighted by atomic mass is 32.1. The molecule has 0 unspecified atom stereocenters. The zero-order valence-electron chi connectivity index (χ0n) is 19.4. The van der Waals surface area contributed by atoms with Crippen LogP contribution in [0.4, 0.5) is 8.78 Å². The van der Waals surface area contributed by atoms with Gasteiger partial charge >= 0.3 is 0 Å². The SMILES string of the molecule is C[C@H](C(=O)N[C@@H]1CN(C(=O)c2cncc3sncc23)CC[C@H]1c1cc(F)cc(F)c1)N1CCCC1. The Balaban J connectivity index is 1.41. The van der Waals surface area contributed by atoms with Crippen molar-refractivity contribution >= 4 is 33.4 Å². The normalized spacial score (nSPS) is 21.9. The van der Waals surface area contributed by atoms with Crippen LogP contribution in [0.2, 0.25) is 0 Å². The molecule has 184 valence electrons. The van der Waals surface area contributed by atoms with Crippen LogP contribution in [-0.4, -0.2) is 69.2 Å². The van der Waals surface area contributed by atoms with Gasteiger partial charge in [-0.3, -0.25) is 19.5 Å². The number of piperidine rings is 1. The monoisotopic (exact) mass is 499 g/mol. The second-order valence-corrected chi connectivity index (χ2v) is 10.1. The van der Waals surface area contributed by atoms with Crippen LogP contribution in [0.5, 0.6) is 0 Å². The standard InChI is InChI=1S/C25H27F2N5O2S/c1-15(31-5-2-3-6-31)24(33)30-22-14-32(7-4-19(22)16-8-17(26)10-18(27)9-16)25(34)21-11-28-13-23-20(21)12-29-35-23/h8-13,15,19,22H,2-7,14H2,1H3,(H,30,33)/t15-,19+,22-/m1/s1. The highest BCUT2D eigenvalue weighted by Gasteiger charge is 2.36. The molecular formula is C25H27F2N5O2S. The molecule has 2 aliphatic heterocycles. The molecule has 35 heavy (non-hydrogen) atoms. The van der Waals surface area contributed by atoms with E-state index >= 15 is 0 Å². The van der Waals surface area contributed by atoms with Gasteiger partial charge in [-0.1, -0.05) is 0 Å². The maximum absolute atomic E-state index is 14.0. The highest BCUT2D eigenvalue weighted by molar-refractivity contribution is 7.13. The maximum Gasteiger partial charge on any atom is 0.256 e. The summed E-state index contributed by atoms with van der Waals surface area (Å²) < 4.78 is 33.1. The van der Waals surface area contributed by atoms with E-state index in [0.29, 0.717) is 24.1 Å².